The van der Waals surface area contributed by atoms with Crippen LogP contribution in [0.5, 0.6) is 5.75 Å². The summed E-state index contributed by atoms with van der Waals surface area (Å²) in [6.07, 6.45) is 4.90. The molecular weight excluding hydrogens is 370 g/mol. The Morgan fingerprint density at radius 1 is 1.07 bits per heavy atom. The third kappa shape index (κ3) is 4.98. The highest BCUT2D eigenvalue weighted by Crippen LogP contribution is 2.13. The van der Waals surface area contributed by atoms with E-state index in [0.717, 1.165) is 11.3 Å². The van der Waals surface area contributed by atoms with Crippen molar-refractivity contribution in [2.75, 3.05) is 7.11 Å². The summed E-state index contributed by atoms with van der Waals surface area (Å²) in [6, 6.07) is 11.8. The minimum atomic E-state index is -0.704. The van der Waals surface area contributed by atoms with Crippen LogP contribution in [0.25, 0.3) is 11.7 Å². The lowest BCUT2D eigenvalue weighted by Gasteiger charge is -2.17. The third-order valence-electron chi connectivity index (χ3n) is 4.38. The van der Waals surface area contributed by atoms with Gasteiger partial charge in [0.2, 0.25) is 11.8 Å². The molecule has 2 amide bonds. The number of rotatable bonds is 7. The summed E-state index contributed by atoms with van der Waals surface area (Å²) in [5.41, 5.74) is 1.55. The summed E-state index contributed by atoms with van der Waals surface area (Å²) in [5, 5.41) is 13.7. The van der Waals surface area contributed by atoms with E-state index >= 15 is 0 Å². The van der Waals surface area contributed by atoms with Crippen LogP contribution in [0.2, 0.25) is 0 Å². The topological polar surface area (TPSA) is 97.6 Å². The molecule has 2 heterocycles. The van der Waals surface area contributed by atoms with Gasteiger partial charge in [-0.05, 0) is 49.8 Å². The molecule has 2 atom stereocenters. The lowest BCUT2D eigenvalue weighted by molar-refractivity contribution is -0.127. The number of amides is 2. The summed E-state index contributed by atoms with van der Waals surface area (Å²) in [4.78, 5) is 24.6. The predicted molar refractivity (Wildman–Crippen MR) is 109 cm³/mol. The molecule has 2 unspecified atom stereocenters. The molecule has 2 aromatic heterocycles. The van der Waals surface area contributed by atoms with Gasteiger partial charge in [-0.1, -0.05) is 18.2 Å². The Hall–Kier alpha value is -3.68. The van der Waals surface area contributed by atoms with E-state index in [-0.39, 0.29) is 17.9 Å². The van der Waals surface area contributed by atoms with Gasteiger partial charge in [0.15, 0.2) is 11.5 Å². The Kier molecular flexibility index (Phi) is 6.23. The van der Waals surface area contributed by atoms with E-state index in [1.165, 1.54) is 6.08 Å². The van der Waals surface area contributed by atoms with Gasteiger partial charge >= 0.3 is 0 Å². The first kappa shape index (κ1) is 20.1. The van der Waals surface area contributed by atoms with Gasteiger partial charge in [-0.2, -0.15) is 0 Å². The number of pyridine rings is 1. The van der Waals surface area contributed by atoms with Crippen molar-refractivity contribution < 1.29 is 14.3 Å². The average Bonchev–Trinajstić information content (AvgIpc) is 3.17. The fourth-order valence-corrected chi connectivity index (χ4v) is 2.77. The molecular formula is C21H23N5O3. The zero-order chi connectivity index (χ0) is 20.8. The van der Waals surface area contributed by atoms with Crippen LogP contribution < -0.4 is 15.4 Å². The molecule has 150 valence electrons. The minimum Gasteiger partial charge on any atom is -0.497 e. The molecule has 8 heteroatoms. The zero-order valence-corrected chi connectivity index (χ0v) is 16.5. The molecule has 0 aliphatic carbocycles. The first-order chi connectivity index (χ1) is 14.0. The molecule has 0 spiro atoms. The van der Waals surface area contributed by atoms with Crippen LogP contribution in [0.3, 0.4) is 0 Å². The van der Waals surface area contributed by atoms with Crippen molar-refractivity contribution in [1.29, 1.82) is 0 Å². The number of hydrogen-bond acceptors (Lipinski definition) is 5. The molecule has 0 aliphatic rings. The number of fused-ring (bicyclic) bond motifs is 1. The van der Waals surface area contributed by atoms with E-state index in [9.17, 15) is 9.59 Å². The van der Waals surface area contributed by atoms with Crippen molar-refractivity contribution in [2.45, 2.75) is 25.9 Å². The lowest BCUT2D eigenvalue weighted by Crippen LogP contribution is -2.45. The Labute approximate surface area is 168 Å². The maximum Gasteiger partial charge on any atom is 0.244 e. The van der Waals surface area contributed by atoms with Crippen molar-refractivity contribution >= 4 is 23.5 Å². The molecule has 2 N–H and O–H groups in total. The molecule has 29 heavy (non-hydrogen) atoms. The number of carbonyl (C=O) groups is 2. The summed E-state index contributed by atoms with van der Waals surface area (Å²) in [7, 11) is 1.59. The fourth-order valence-electron chi connectivity index (χ4n) is 2.77. The van der Waals surface area contributed by atoms with E-state index in [1.807, 2.05) is 60.0 Å². The SMILES string of the molecule is COc1ccc(/C=C/C(=O)NC(C)C(=O)NC(C)c2nnc3ccccn23)cc1. The van der Waals surface area contributed by atoms with Gasteiger partial charge in [0.05, 0.1) is 13.2 Å². The van der Waals surface area contributed by atoms with Crippen molar-refractivity contribution in [1.82, 2.24) is 25.2 Å². The summed E-state index contributed by atoms with van der Waals surface area (Å²) in [6.45, 7) is 3.45. The number of nitrogens with zero attached hydrogens (tertiary/aromatic N) is 3. The zero-order valence-electron chi connectivity index (χ0n) is 16.5. The standard InChI is InChI=1S/C21H23N5O3/c1-14(20-25-24-18-6-4-5-13-26(18)20)23-21(28)15(2)22-19(27)12-9-16-7-10-17(29-3)11-8-16/h4-15H,1-3H3,(H,22,27)(H,23,28)/b12-9+. The molecule has 0 bridgehead atoms. The molecule has 3 aromatic rings. The van der Waals surface area contributed by atoms with Gasteiger partial charge in [0, 0.05) is 12.3 Å². The molecule has 8 nitrogen and oxygen atoms in total. The molecule has 0 saturated heterocycles. The number of hydrogen-bond donors (Lipinski definition) is 2. The molecule has 1 aromatic carbocycles. The van der Waals surface area contributed by atoms with Gasteiger partial charge < -0.3 is 15.4 Å². The number of ether oxygens (including phenoxy) is 1. The number of carbonyl (C=O) groups excluding carboxylic acids is 2. The Bertz CT molecular complexity index is 1030. The second-order valence-corrected chi connectivity index (χ2v) is 6.55. The Morgan fingerprint density at radius 2 is 1.83 bits per heavy atom. The second-order valence-electron chi connectivity index (χ2n) is 6.55. The van der Waals surface area contributed by atoms with Crippen LogP contribution in [0.15, 0.2) is 54.7 Å². The van der Waals surface area contributed by atoms with Crippen molar-refractivity contribution in [3.63, 3.8) is 0 Å². The Balaban J connectivity index is 1.55. The average molecular weight is 393 g/mol. The van der Waals surface area contributed by atoms with Crippen LogP contribution in [0.1, 0.15) is 31.3 Å². The van der Waals surface area contributed by atoms with E-state index in [2.05, 4.69) is 20.8 Å². The van der Waals surface area contributed by atoms with Crippen LogP contribution in [0, 0.1) is 0 Å². The molecule has 0 saturated carbocycles. The van der Waals surface area contributed by atoms with Gasteiger partial charge in [-0.3, -0.25) is 14.0 Å². The second kappa shape index (κ2) is 9.01. The summed E-state index contributed by atoms with van der Waals surface area (Å²) >= 11 is 0. The van der Waals surface area contributed by atoms with Gasteiger partial charge in [-0.25, -0.2) is 0 Å². The third-order valence-corrected chi connectivity index (χ3v) is 4.38. The lowest BCUT2D eigenvalue weighted by atomic mass is 10.2. The summed E-state index contributed by atoms with van der Waals surface area (Å²) < 4.78 is 6.91. The molecule has 0 radical (unpaired) electrons. The highest BCUT2D eigenvalue weighted by atomic mass is 16.5. The van der Waals surface area contributed by atoms with Crippen molar-refractivity contribution in [2.24, 2.45) is 0 Å². The maximum absolute atomic E-state index is 12.4. The number of nitrogens with one attached hydrogen (secondary N) is 2. The minimum absolute atomic E-state index is 0.309. The van der Waals surface area contributed by atoms with E-state index in [0.29, 0.717) is 11.5 Å². The number of benzene rings is 1. The largest absolute Gasteiger partial charge is 0.497 e. The van der Waals surface area contributed by atoms with Gasteiger partial charge in [0.25, 0.3) is 0 Å². The first-order valence-electron chi connectivity index (χ1n) is 9.20. The van der Waals surface area contributed by atoms with Crippen LogP contribution in [-0.2, 0) is 9.59 Å². The monoisotopic (exact) mass is 393 g/mol. The van der Waals surface area contributed by atoms with Gasteiger partial charge in [0.1, 0.15) is 11.8 Å². The van der Waals surface area contributed by atoms with E-state index in [1.54, 1.807) is 20.1 Å². The number of methoxy groups -OCH3 is 1. The van der Waals surface area contributed by atoms with E-state index in [4.69, 9.17) is 4.74 Å². The van der Waals surface area contributed by atoms with Gasteiger partial charge in [-0.15, -0.1) is 10.2 Å². The van der Waals surface area contributed by atoms with E-state index < -0.39 is 6.04 Å². The van der Waals surface area contributed by atoms with Crippen molar-refractivity contribution in [3.05, 3.63) is 66.1 Å². The van der Waals surface area contributed by atoms with Crippen LogP contribution in [-0.4, -0.2) is 39.6 Å². The predicted octanol–water partition coefficient (Wildman–Crippen LogP) is 2.13. The molecule has 0 aliphatic heterocycles. The normalized spacial score (nSPS) is 13.2. The quantitative estimate of drug-likeness (QED) is 0.600. The van der Waals surface area contributed by atoms with Crippen molar-refractivity contribution in [3.8, 4) is 5.75 Å². The summed E-state index contributed by atoms with van der Waals surface area (Å²) in [5.74, 6) is 0.693. The molecule has 3 rings (SSSR count). The Morgan fingerprint density at radius 3 is 2.55 bits per heavy atom. The highest BCUT2D eigenvalue weighted by molar-refractivity contribution is 5.95. The molecule has 0 fully saturated rings. The van der Waals surface area contributed by atoms with Crippen LogP contribution in [0.4, 0.5) is 0 Å². The first-order valence-corrected chi connectivity index (χ1v) is 9.20. The maximum atomic E-state index is 12.4. The number of aromatic nitrogens is 3. The fraction of sp³-hybridized carbons (Fsp3) is 0.238. The smallest absolute Gasteiger partial charge is 0.244 e. The van der Waals surface area contributed by atoms with Crippen LogP contribution >= 0.6 is 0 Å². The highest BCUT2D eigenvalue weighted by Gasteiger charge is 2.20.